The van der Waals surface area contributed by atoms with Gasteiger partial charge in [-0.2, -0.15) is 0 Å². The lowest BCUT2D eigenvalue weighted by Gasteiger charge is -2.20. The summed E-state index contributed by atoms with van der Waals surface area (Å²) in [5.74, 6) is -2.54. The van der Waals surface area contributed by atoms with Crippen LogP contribution in [0.3, 0.4) is 0 Å². The molecule has 0 aliphatic carbocycles. The Morgan fingerprint density at radius 3 is 1.47 bits per heavy atom. The van der Waals surface area contributed by atoms with Crippen LogP contribution in [-0.4, -0.2) is 59.9 Å². The van der Waals surface area contributed by atoms with E-state index in [1.807, 2.05) is 18.2 Å². The molecule has 0 bridgehead atoms. The molecule has 3 unspecified atom stereocenters. The Labute approximate surface area is 363 Å². The number of rotatable bonds is 42. The van der Waals surface area contributed by atoms with Crippen LogP contribution in [0, 0.1) is 0 Å². The zero-order valence-corrected chi connectivity index (χ0v) is 38.2. The molecule has 3 atom stereocenters. The molecule has 0 aliphatic heterocycles. The number of hydrogen-bond donors (Lipinski definition) is 3. The fourth-order valence-corrected chi connectivity index (χ4v) is 6.68. The first kappa shape index (κ1) is 56.9. The summed E-state index contributed by atoms with van der Waals surface area (Å²) >= 11 is 0. The Morgan fingerprint density at radius 1 is 0.550 bits per heavy atom. The number of phosphoric acid groups is 1. The van der Waals surface area contributed by atoms with Gasteiger partial charge in [-0.1, -0.05) is 177 Å². The summed E-state index contributed by atoms with van der Waals surface area (Å²) in [7, 11) is -4.75. The zero-order valence-electron chi connectivity index (χ0n) is 37.3. The first-order chi connectivity index (χ1) is 29.1. The standard InChI is InChI=1S/C48H82NO10P/c1-3-5-7-9-11-13-15-17-19-20-21-22-23-24-26-27-29-31-33-35-37-39-46(50)56-41-44(42-57-60(54,55)58-43-45(49)48(52)53)59-47(51)40-38-36-34-32-30-28-25-18-16-14-12-10-8-6-4-2/h6,8,12,14,18,20-21,25,30,32,36,38,44-45H,3-5,7,9-11,13,15-17,19,22-24,26-29,31,33-35,37,39-43,49H2,1-2H3,(H,52,53)(H,54,55)/b8-6-,14-12-,21-20-,25-18-,32-30-,38-36-. The monoisotopic (exact) mass is 864 g/mol. The largest absolute Gasteiger partial charge is 0.480 e. The molecule has 0 spiro atoms. The third-order valence-electron chi connectivity index (χ3n) is 9.47. The van der Waals surface area contributed by atoms with Crippen LogP contribution in [0.4, 0.5) is 0 Å². The molecule has 0 heterocycles. The van der Waals surface area contributed by atoms with Gasteiger partial charge in [0, 0.05) is 6.42 Å². The van der Waals surface area contributed by atoms with E-state index in [9.17, 15) is 23.8 Å². The summed E-state index contributed by atoms with van der Waals surface area (Å²) in [6.07, 6.45) is 51.5. The minimum absolute atomic E-state index is 0.0739. The van der Waals surface area contributed by atoms with Crippen LogP contribution < -0.4 is 5.73 Å². The molecule has 0 aromatic rings. The molecule has 60 heavy (non-hydrogen) atoms. The third-order valence-corrected chi connectivity index (χ3v) is 10.4. The molecule has 0 rings (SSSR count). The van der Waals surface area contributed by atoms with Gasteiger partial charge >= 0.3 is 25.7 Å². The lowest BCUT2D eigenvalue weighted by atomic mass is 10.1. The van der Waals surface area contributed by atoms with E-state index in [2.05, 4.69) is 67.0 Å². The molecular formula is C48H82NO10P. The van der Waals surface area contributed by atoms with Crippen molar-refractivity contribution in [2.24, 2.45) is 5.73 Å². The van der Waals surface area contributed by atoms with Crippen molar-refractivity contribution in [2.75, 3.05) is 19.8 Å². The maximum absolute atomic E-state index is 12.6. The van der Waals surface area contributed by atoms with E-state index in [4.69, 9.17) is 24.8 Å². The van der Waals surface area contributed by atoms with E-state index >= 15 is 0 Å². The minimum Gasteiger partial charge on any atom is -0.480 e. The number of hydrogen-bond acceptors (Lipinski definition) is 9. The predicted molar refractivity (Wildman–Crippen MR) is 244 cm³/mol. The summed E-state index contributed by atoms with van der Waals surface area (Å²) in [5.41, 5.74) is 5.33. The first-order valence-electron chi connectivity index (χ1n) is 23.0. The Hall–Kier alpha value is -3.08. The van der Waals surface area contributed by atoms with Gasteiger partial charge in [-0.25, -0.2) is 4.57 Å². The van der Waals surface area contributed by atoms with E-state index < -0.39 is 51.1 Å². The number of ether oxygens (including phenoxy) is 2. The van der Waals surface area contributed by atoms with Gasteiger partial charge in [0.05, 0.1) is 19.6 Å². The molecule has 0 radical (unpaired) electrons. The molecule has 0 saturated heterocycles. The van der Waals surface area contributed by atoms with Crippen LogP contribution >= 0.6 is 7.82 Å². The molecule has 12 heteroatoms. The topological polar surface area (TPSA) is 172 Å². The zero-order chi connectivity index (χ0) is 44.2. The Kier molecular flexibility index (Phi) is 40.4. The maximum atomic E-state index is 12.6. The molecule has 0 amide bonds. The molecule has 0 saturated carbocycles. The first-order valence-corrected chi connectivity index (χ1v) is 24.5. The number of esters is 2. The molecule has 11 nitrogen and oxygen atoms in total. The molecule has 0 aromatic carbocycles. The quantitative estimate of drug-likeness (QED) is 0.0231. The normalized spacial score (nSPS) is 14.3. The van der Waals surface area contributed by atoms with Gasteiger partial charge in [-0.05, 0) is 64.2 Å². The number of nitrogens with two attached hydrogens (primary N) is 1. The number of carboxylic acids is 1. The summed E-state index contributed by atoms with van der Waals surface area (Å²) in [6, 6.07) is -1.54. The highest BCUT2D eigenvalue weighted by Gasteiger charge is 2.28. The summed E-state index contributed by atoms with van der Waals surface area (Å²) in [5, 5.41) is 8.89. The fourth-order valence-electron chi connectivity index (χ4n) is 5.90. The van der Waals surface area contributed by atoms with E-state index in [1.165, 1.54) is 96.3 Å². The highest BCUT2D eigenvalue weighted by Crippen LogP contribution is 2.43. The second kappa shape index (κ2) is 42.6. The molecule has 0 aromatic heterocycles. The third kappa shape index (κ3) is 41.6. The minimum atomic E-state index is -4.75. The number of aliphatic carboxylic acids is 1. The van der Waals surface area contributed by atoms with Gasteiger partial charge in [-0.15, -0.1) is 0 Å². The van der Waals surface area contributed by atoms with Crippen molar-refractivity contribution in [1.29, 1.82) is 0 Å². The number of carboxylic acid groups (broad SMARTS) is 1. The van der Waals surface area contributed by atoms with E-state index in [0.29, 0.717) is 12.8 Å². The number of allylic oxidation sites excluding steroid dienone is 11. The summed E-state index contributed by atoms with van der Waals surface area (Å²) in [4.78, 5) is 45.9. The van der Waals surface area contributed by atoms with Crippen LogP contribution in [0.1, 0.15) is 181 Å². The maximum Gasteiger partial charge on any atom is 0.472 e. The Balaban J connectivity index is 4.39. The van der Waals surface area contributed by atoms with Crippen molar-refractivity contribution >= 4 is 25.7 Å². The van der Waals surface area contributed by atoms with Gasteiger partial charge in [0.15, 0.2) is 6.10 Å². The van der Waals surface area contributed by atoms with Gasteiger partial charge in [-0.3, -0.25) is 23.4 Å². The smallest absolute Gasteiger partial charge is 0.472 e. The van der Waals surface area contributed by atoms with Crippen molar-refractivity contribution in [2.45, 2.75) is 193 Å². The van der Waals surface area contributed by atoms with Crippen molar-refractivity contribution in [3.05, 3.63) is 72.9 Å². The van der Waals surface area contributed by atoms with Crippen molar-refractivity contribution < 1.29 is 47.5 Å². The molecule has 0 fully saturated rings. The van der Waals surface area contributed by atoms with Gasteiger partial charge in [0.2, 0.25) is 0 Å². The molecule has 344 valence electrons. The predicted octanol–water partition coefficient (Wildman–Crippen LogP) is 12.5. The SMILES string of the molecule is CC/C=C\C/C=C\C/C=C\C/C=C\C/C=C\CC(=O)OC(COC(=O)CCCCCCCCCCC/C=C\CCCCCCCCCC)COP(=O)(O)OCC(N)C(=O)O. The lowest BCUT2D eigenvalue weighted by Crippen LogP contribution is -2.34. The Morgan fingerprint density at radius 2 is 0.983 bits per heavy atom. The average molecular weight is 864 g/mol. The Bertz CT molecular complexity index is 1290. The van der Waals surface area contributed by atoms with Crippen LogP contribution in [-0.2, 0) is 37.5 Å². The summed E-state index contributed by atoms with van der Waals surface area (Å²) in [6.45, 7) is 2.59. The highest BCUT2D eigenvalue weighted by molar-refractivity contribution is 7.47. The van der Waals surface area contributed by atoms with Crippen LogP contribution in [0.15, 0.2) is 72.9 Å². The van der Waals surface area contributed by atoms with Gasteiger partial charge in [0.25, 0.3) is 0 Å². The van der Waals surface area contributed by atoms with Crippen LogP contribution in [0.2, 0.25) is 0 Å². The van der Waals surface area contributed by atoms with E-state index in [-0.39, 0.29) is 19.4 Å². The lowest BCUT2D eigenvalue weighted by molar-refractivity contribution is -0.160. The number of carbonyl (C=O) groups is 3. The number of phosphoric ester groups is 1. The van der Waals surface area contributed by atoms with E-state index in [0.717, 1.165) is 44.9 Å². The second-order valence-electron chi connectivity index (χ2n) is 15.2. The molecule has 0 aliphatic rings. The van der Waals surface area contributed by atoms with Crippen molar-refractivity contribution in [3.63, 3.8) is 0 Å². The average Bonchev–Trinajstić information content (AvgIpc) is 3.22. The number of unbranched alkanes of at least 4 members (excludes halogenated alkanes) is 17. The molecule has 4 N–H and O–H groups in total. The molecular weight excluding hydrogens is 781 g/mol. The van der Waals surface area contributed by atoms with Gasteiger partial charge in [0.1, 0.15) is 12.6 Å². The van der Waals surface area contributed by atoms with Crippen molar-refractivity contribution in [3.8, 4) is 0 Å². The highest BCUT2D eigenvalue weighted by atomic mass is 31.2. The number of carbonyl (C=O) groups excluding carboxylic acids is 2. The van der Waals surface area contributed by atoms with Crippen LogP contribution in [0.5, 0.6) is 0 Å². The second-order valence-corrected chi connectivity index (χ2v) is 16.6. The van der Waals surface area contributed by atoms with Gasteiger partial charge < -0.3 is 25.2 Å². The van der Waals surface area contributed by atoms with E-state index in [1.54, 1.807) is 6.08 Å². The fraction of sp³-hybridized carbons (Fsp3) is 0.688. The van der Waals surface area contributed by atoms with Crippen molar-refractivity contribution in [1.82, 2.24) is 0 Å². The van der Waals surface area contributed by atoms with Crippen LogP contribution in [0.25, 0.3) is 0 Å². The summed E-state index contributed by atoms with van der Waals surface area (Å²) < 4.78 is 32.6.